The highest BCUT2D eigenvalue weighted by Crippen LogP contribution is 2.14. The molecule has 0 spiro atoms. The third-order valence-corrected chi connectivity index (χ3v) is 3.46. The summed E-state index contributed by atoms with van der Waals surface area (Å²) in [6, 6.07) is 15.0. The Hall–Kier alpha value is -2.37. The maximum atomic E-state index is 12.1. The number of methoxy groups -OCH3 is 1. The van der Waals surface area contributed by atoms with Gasteiger partial charge in [0.15, 0.2) is 0 Å². The fourth-order valence-corrected chi connectivity index (χ4v) is 2.03. The Morgan fingerprint density at radius 1 is 1.17 bits per heavy atom. The second-order valence-electron chi connectivity index (χ2n) is 5.20. The van der Waals surface area contributed by atoms with Crippen LogP contribution in [0, 0.1) is 0 Å². The molecule has 0 saturated heterocycles. The van der Waals surface area contributed by atoms with Crippen LogP contribution in [0.25, 0.3) is 0 Å². The predicted molar refractivity (Wildman–Crippen MR) is 90.2 cm³/mol. The van der Waals surface area contributed by atoms with Crippen LogP contribution in [0.3, 0.4) is 0 Å². The molecule has 0 aromatic heterocycles. The van der Waals surface area contributed by atoms with Gasteiger partial charge < -0.3 is 20.5 Å². The molecule has 0 aliphatic heterocycles. The highest BCUT2D eigenvalue weighted by Gasteiger charge is 2.13. The number of nitrogens with two attached hydrogens (primary N) is 1. The van der Waals surface area contributed by atoms with E-state index in [0.717, 1.165) is 22.6 Å². The summed E-state index contributed by atoms with van der Waals surface area (Å²) in [7, 11) is 1.62. The van der Waals surface area contributed by atoms with Gasteiger partial charge in [-0.15, -0.1) is 0 Å². The van der Waals surface area contributed by atoms with Crippen molar-refractivity contribution in [1.29, 1.82) is 0 Å². The number of ether oxygens (including phenoxy) is 2. The van der Waals surface area contributed by atoms with Crippen molar-refractivity contribution in [3.05, 3.63) is 59.7 Å². The van der Waals surface area contributed by atoms with E-state index in [1.165, 1.54) is 0 Å². The van der Waals surface area contributed by atoms with E-state index in [4.69, 9.17) is 15.2 Å². The maximum absolute atomic E-state index is 12.1. The van der Waals surface area contributed by atoms with Gasteiger partial charge in [0.2, 0.25) is 0 Å². The summed E-state index contributed by atoms with van der Waals surface area (Å²) in [6.07, 6.45) is -0.560. The van der Waals surface area contributed by atoms with E-state index in [2.05, 4.69) is 5.32 Å². The molecule has 2 aromatic rings. The van der Waals surface area contributed by atoms with E-state index in [-0.39, 0.29) is 5.91 Å². The largest absolute Gasteiger partial charge is 0.497 e. The molecule has 0 heterocycles. The lowest BCUT2D eigenvalue weighted by Crippen LogP contribution is -2.27. The van der Waals surface area contributed by atoms with Crippen molar-refractivity contribution in [1.82, 2.24) is 0 Å². The van der Waals surface area contributed by atoms with Crippen molar-refractivity contribution in [3.8, 4) is 5.75 Å². The summed E-state index contributed by atoms with van der Waals surface area (Å²) in [6.45, 7) is 2.55. The monoisotopic (exact) mass is 314 g/mol. The number of carbonyl (C=O) groups is 1. The first kappa shape index (κ1) is 17.0. The minimum absolute atomic E-state index is 0.187. The molecule has 0 bridgehead atoms. The number of hydrogen-bond donors (Lipinski definition) is 2. The summed E-state index contributed by atoms with van der Waals surface area (Å²) >= 11 is 0. The zero-order chi connectivity index (χ0) is 16.7. The van der Waals surface area contributed by atoms with E-state index in [0.29, 0.717) is 13.2 Å². The fraction of sp³-hybridized carbons (Fsp3) is 0.278. The van der Waals surface area contributed by atoms with Crippen molar-refractivity contribution < 1.29 is 14.3 Å². The summed E-state index contributed by atoms with van der Waals surface area (Å²) in [4.78, 5) is 12.1. The Balaban J connectivity index is 1.86. The predicted octanol–water partition coefficient (Wildman–Crippen LogP) is 2.70. The molecule has 1 unspecified atom stereocenters. The molecule has 5 nitrogen and oxygen atoms in total. The zero-order valence-electron chi connectivity index (χ0n) is 13.4. The lowest BCUT2D eigenvalue weighted by molar-refractivity contribution is -0.127. The van der Waals surface area contributed by atoms with Crippen LogP contribution in [0.4, 0.5) is 5.69 Å². The van der Waals surface area contributed by atoms with Crippen LogP contribution in [0.15, 0.2) is 48.5 Å². The van der Waals surface area contributed by atoms with Gasteiger partial charge in [-0.2, -0.15) is 0 Å². The SMILES string of the molecule is COc1cccc(COC(C)C(=O)Nc2ccc(CN)cc2)c1. The van der Waals surface area contributed by atoms with Crippen molar-refractivity contribution in [3.63, 3.8) is 0 Å². The Morgan fingerprint density at radius 2 is 1.91 bits per heavy atom. The quantitative estimate of drug-likeness (QED) is 0.824. The number of anilines is 1. The van der Waals surface area contributed by atoms with E-state index in [9.17, 15) is 4.79 Å². The van der Waals surface area contributed by atoms with Gasteiger partial charge >= 0.3 is 0 Å². The molecule has 23 heavy (non-hydrogen) atoms. The first-order valence-corrected chi connectivity index (χ1v) is 7.46. The van der Waals surface area contributed by atoms with Gasteiger partial charge in [-0.05, 0) is 42.3 Å². The molecule has 3 N–H and O–H groups in total. The summed E-state index contributed by atoms with van der Waals surface area (Å²) in [5.41, 5.74) is 8.25. The van der Waals surface area contributed by atoms with E-state index < -0.39 is 6.10 Å². The average Bonchev–Trinajstić information content (AvgIpc) is 2.60. The Morgan fingerprint density at radius 3 is 2.57 bits per heavy atom. The summed E-state index contributed by atoms with van der Waals surface area (Å²) in [5, 5.41) is 2.82. The first-order chi connectivity index (χ1) is 11.1. The van der Waals surface area contributed by atoms with E-state index >= 15 is 0 Å². The Labute approximate surface area is 136 Å². The Kier molecular flexibility index (Phi) is 6.14. The topological polar surface area (TPSA) is 73.6 Å². The number of benzene rings is 2. The molecule has 0 radical (unpaired) electrons. The number of rotatable bonds is 7. The molecule has 122 valence electrons. The molecule has 2 aromatic carbocycles. The highest BCUT2D eigenvalue weighted by molar-refractivity contribution is 5.93. The van der Waals surface area contributed by atoms with Gasteiger partial charge in [-0.1, -0.05) is 24.3 Å². The van der Waals surface area contributed by atoms with Crippen LogP contribution < -0.4 is 15.8 Å². The Bertz CT molecular complexity index is 641. The lowest BCUT2D eigenvalue weighted by atomic mass is 10.2. The van der Waals surface area contributed by atoms with Crippen LogP contribution in [0.1, 0.15) is 18.1 Å². The van der Waals surface area contributed by atoms with Crippen LogP contribution in [-0.2, 0) is 22.7 Å². The van der Waals surface area contributed by atoms with Crippen LogP contribution in [0.5, 0.6) is 5.75 Å². The zero-order valence-corrected chi connectivity index (χ0v) is 13.4. The number of hydrogen-bond acceptors (Lipinski definition) is 4. The highest BCUT2D eigenvalue weighted by atomic mass is 16.5. The molecule has 5 heteroatoms. The number of nitrogens with one attached hydrogen (secondary N) is 1. The van der Waals surface area contributed by atoms with Crippen LogP contribution in [-0.4, -0.2) is 19.1 Å². The second kappa shape index (κ2) is 8.31. The molecule has 0 saturated carbocycles. The average molecular weight is 314 g/mol. The van der Waals surface area contributed by atoms with Gasteiger partial charge in [0.05, 0.1) is 13.7 Å². The van der Waals surface area contributed by atoms with Crippen LogP contribution in [0.2, 0.25) is 0 Å². The van der Waals surface area contributed by atoms with Crippen molar-refractivity contribution in [2.24, 2.45) is 5.73 Å². The lowest BCUT2D eigenvalue weighted by Gasteiger charge is -2.14. The summed E-state index contributed by atoms with van der Waals surface area (Å²) in [5.74, 6) is 0.580. The standard InChI is InChI=1S/C18H22N2O3/c1-13(23-12-15-4-3-5-17(10-15)22-2)18(21)20-16-8-6-14(11-19)7-9-16/h3-10,13H,11-12,19H2,1-2H3,(H,20,21). The molecule has 0 fully saturated rings. The van der Waals surface area contributed by atoms with E-state index in [1.807, 2.05) is 48.5 Å². The molecule has 1 amide bonds. The second-order valence-corrected chi connectivity index (χ2v) is 5.20. The molecule has 0 aliphatic carbocycles. The minimum Gasteiger partial charge on any atom is -0.497 e. The van der Waals surface area contributed by atoms with E-state index in [1.54, 1.807) is 14.0 Å². The third kappa shape index (κ3) is 5.09. The first-order valence-electron chi connectivity index (χ1n) is 7.46. The van der Waals surface area contributed by atoms with Gasteiger partial charge in [0, 0.05) is 12.2 Å². The minimum atomic E-state index is -0.560. The van der Waals surface area contributed by atoms with Gasteiger partial charge in [0.1, 0.15) is 11.9 Å². The molecular weight excluding hydrogens is 292 g/mol. The van der Waals surface area contributed by atoms with Crippen molar-refractivity contribution in [2.75, 3.05) is 12.4 Å². The van der Waals surface area contributed by atoms with Gasteiger partial charge in [-0.3, -0.25) is 4.79 Å². The van der Waals surface area contributed by atoms with Crippen LogP contribution >= 0.6 is 0 Å². The van der Waals surface area contributed by atoms with Gasteiger partial charge in [0.25, 0.3) is 5.91 Å². The number of carbonyl (C=O) groups excluding carboxylic acids is 1. The maximum Gasteiger partial charge on any atom is 0.253 e. The molecule has 0 aliphatic rings. The fourth-order valence-electron chi connectivity index (χ4n) is 2.03. The molecular formula is C18H22N2O3. The third-order valence-electron chi connectivity index (χ3n) is 3.46. The van der Waals surface area contributed by atoms with Crippen molar-refractivity contribution >= 4 is 11.6 Å². The smallest absolute Gasteiger partial charge is 0.253 e. The van der Waals surface area contributed by atoms with Gasteiger partial charge in [-0.25, -0.2) is 0 Å². The molecule has 1 atom stereocenters. The van der Waals surface area contributed by atoms with Crippen molar-refractivity contribution in [2.45, 2.75) is 26.2 Å². The molecule has 2 rings (SSSR count). The normalized spacial score (nSPS) is 11.8. The summed E-state index contributed by atoms with van der Waals surface area (Å²) < 4.78 is 10.8. The number of amides is 1.